The van der Waals surface area contributed by atoms with Gasteiger partial charge in [-0.3, -0.25) is 4.79 Å². The first-order valence-electron chi connectivity index (χ1n) is 12.1. The van der Waals surface area contributed by atoms with Crippen molar-refractivity contribution >= 4 is 5.91 Å². The maximum Gasteiger partial charge on any atom is 0.251 e. The van der Waals surface area contributed by atoms with Crippen LogP contribution in [0.2, 0.25) is 0 Å². The lowest BCUT2D eigenvalue weighted by Gasteiger charge is -2.34. The molecule has 1 aliphatic heterocycles. The maximum atomic E-state index is 12.5. The Kier molecular flexibility index (Phi) is 7.51. The molecular formula is C27H33N3O3. The molecule has 1 heterocycles. The van der Waals surface area contributed by atoms with Gasteiger partial charge in [0.1, 0.15) is 0 Å². The van der Waals surface area contributed by atoms with Crippen LogP contribution in [-0.2, 0) is 0 Å². The molecule has 6 heteroatoms. The summed E-state index contributed by atoms with van der Waals surface area (Å²) < 4.78 is 0. The Morgan fingerprint density at radius 2 is 1.70 bits per heavy atom. The Hall–Kier alpha value is -3.04. The number of carbonyl (C=O) groups is 1. The molecule has 2 aromatic carbocycles. The lowest BCUT2D eigenvalue weighted by atomic mass is 9.83. The zero-order valence-corrected chi connectivity index (χ0v) is 19.0. The van der Waals surface area contributed by atoms with Crippen LogP contribution in [0.3, 0.4) is 0 Å². The summed E-state index contributed by atoms with van der Waals surface area (Å²) in [5, 5.41) is 32.0. The van der Waals surface area contributed by atoms with Crippen LogP contribution in [0.15, 0.2) is 42.5 Å². The van der Waals surface area contributed by atoms with Crippen molar-refractivity contribution in [2.45, 2.75) is 56.9 Å². The zero-order valence-electron chi connectivity index (χ0n) is 19.0. The second kappa shape index (κ2) is 10.7. The molecule has 2 aliphatic rings. The van der Waals surface area contributed by atoms with Gasteiger partial charge < -0.3 is 20.4 Å². The minimum atomic E-state index is -0.0522. The summed E-state index contributed by atoms with van der Waals surface area (Å²) in [4.78, 5) is 15.0. The third kappa shape index (κ3) is 5.85. The molecule has 1 amide bonds. The van der Waals surface area contributed by atoms with Gasteiger partial charge in [-0.1, -0.05) is 12.1 Å². The van der Waals surface area contributed by atoms with Crippen LogP contribution in [0, 0.1) is 17.2 Å². The number of phenols is 2. The predicted molar refractivity (Wildman–Crippen MR) is 127 cm³/mol. The number of rotatable bonds is 6. The zero-order chi connectivity index (χ0) is 23.2. The van der Waals surface area contributed by atoms with Gasteiger partial charge in [0.2, 0.25) is 0 Å². The fourth-order valence-corrected chi connectivity index (χ4v) is 5.27. The molecule has 0 atom stereocenters. The smallest absolute Gasteiger partial charge is 0.251 e. The van der Waals surface area contributed by atoms with E-state index >= 15 is 0 Å². The molecule has 2 fully saturated rings. The van der Waals surface area contributed by atoms with Crippen LogP contribution in [0.5, 0.6) is 11.5 Å². The topological polar surface area (TPSA) is 96.6 Å². The summed E-state index contributed by atoms with van der Waals surface area (Å²) in [6, 6.07) is 14.4. The number of hydrogen-bond donors (Lipinski definition) is 3. The number of amides is 1. The van der Waals surface area contributed by atoms with Gasteiger partial charge in [-0.25, -0.2) is 0 Å². The molecule has 0 radical (unpaired) electrons. The quantitative estimate of drug-likeness (QED) is 0.566. The van der Waals surface area contributed by atoms with Crippen molar-refractivity contribution in [2.75, 3.05) is 19.6 Å². The highest BCUT2D eigenvalue weighted by Gasteiger charge is 2.26. The Morgan fingerprint density at radius 3 is 2.36 bits per heavy atom. The first kappa shape index (κ1) is 23.1. The third-order valence-electron chi connectivity index (χ3n) is 7.39. The molecule has 0 unspecified atom stereocenters. The van der Waals surface area contributed by atoms with Crippen LogP contribution in [0.4, 0.5) is 0 Å². The Bertz CT molecular complexity index is 983. The van der Waals surface area contributed by atoms with E-state index in [2.05, 4.69) is 16.3 Å². The number of benzene rings is 2. The maximum absolute atomic E-state index is 12.5. The lowest BCUT2D eigenvalue weighted by Crippen LogP contribution is -2.38. The van der Waals surface area contributed by atoms with E-state index < -0.39 is 0 Å². The number of hydrogen-bond acceptors (Lipinski definition) is 5. The van der Waals surface area contributed by atoms with Crippen molar-refractivity contribution in [1.82, 2.24) is 10.2 Å². The summed E-state index contributed by atoms with van der Waals surface area (Å²) >= 11 is 0. The van der Waals surface area contributed by atoms with Crippen LogP contribution in [0.25, 0.3) is 0 Å². The van der Waals surface area contributed by atoms with Gasteiger partial charge in [0.25, 0.3) is 5.91 Å². The number of phenolic OH excluding ortho intramolecular Hbond substituents is 2. The third-order valence-corrected chi connectivity index (χ3v) is 7.39. The molecular weight excluding hydrogens is 414 g/mol. The molecule has 2 aromatic rings. The van der Waals surface area contributed by atoms with Gasteiger partial charge in [-0.15, -0.1) is 0 Å². The van der Waals surface area contributed by atoms with Crippen molar-refractivity contribution in [2.24, 2.45) is 5.92 Å². The van der Waals surface area contributed by atoms with Gasteiger partial charge in [0.15, 0.2) is 11.5 Å². The Morgan fingerprint density at radius 1 is 1.00 bits per heavy atom. The monoisotopic (exact) mass is 447 g/mol. The summed E-state index contributed by atoms with van der Waals surface area (Å²) in [6.07, 6.45) is 7.53. The number of aromatic hydroxyl groups is 2. The van der Waals surface area contributed by atoms with Crippen LogP contribution in [-0.4, -0.2) is 46.7 Å². The molecule has 0 bridgehead atoms. The van der Waals surface area contributed by atoms with Crippen molar-refractivity contribution < 1.29 is 15.0 Å². The SMILES string of the molecule is N#Cc1ccc(C(=O)N[C@H]2CC[C@H](CCN3CCC(c4cccc(O)c4O)CC3)CC2)cc1. The molecule has 1 aliphatic carbocycles. The Balaban J connectivity index is 1.15. The van der Waals surface area contributed by atoms with Crippen LogP contribution >= 0.6 is 0 Å². The van der Waals surface area contributed by atoms with Crippen molar-refractivity contribution in [3.63, 3.8) is 0 Å². The van der Waals surface area contributed by atoms with Gasteiger partial charge in [0, 0.05) is 17.2 Å². The predicted octanol–water partition coefficient (Wildman–Crippen LogP) is 4.53. The van der Waals surface area contributed by atoms with E-state index in [-0.39, 0.29) is 23.4 Å². The normalized spacial score (nSPS) is 21.9. The van der Waals surface area contributed by atoms with E-state index in [1.54, 1.807) is 30.3 Å². The standard InChI is InChI=1S/C27H33N3O3/c28-18-20-4-8-22(9-5-20)27(33)29-23-10-6-19(7-11-23)12-15-30-16-13-21(14-17-30)24-2-1-3-25(31)26(24)32/h1-5,8-9,19,21,23,31-32H,6-7,10-17H2,(H,29,33)/t19-,23-. The average molecular weight is 448 g/mol. The molecule has 0 aromatic heterocycles. The molecule has 1 saturated heterocycles. The highest BCUT2D eigenvalue weighted by Crippen LogP contribution is 2.38. The highest BCUT2D eigenvalue weighted by molar-refractivity contribution is 5.94. The van der Waals surface area contributed by atoms with E-state index in [0.717, 1.165) is 63.7 Å². The van der Waals surface area contributed by atoms with Crippen molar-refractivity contribution in [3.05, 3.63) is 59.2 Å². The van der Waals surface area contributed by atoms with Crippen LogP contribution in [0.1, 0.15) is 72.3 Å². The van der Waals surface area contributed by atoms with Crippen LogP contribution < -0.4 is 5.32 Å². The number of carbonyl (C=O) groups excluding carboxylic acids is 1. The second-order valence-corrected chi connectivity index (χ2v) is 9.50. The fourth-order valence-electron chi connectivity index (χ4n) is 5.27. The molecule has 1 saturated carbocycles. The second-order valence-electron chi connectivity index (χ2n) is 9.50. The minimum absolute atomic E-state index is 0.0291. The number of piperidine rings is 1. The number of nitrogens with one attached hydrogen (secondary N) is 1. The molecule has 33 heavy (non-hydrogen) atoms. The fraction of sp³-hybridized carbons (Fsp3) is 0.481. The summed E-state index contributed by atoms with van der Waals surface area (Å²) in [5.41, 5.74) is 2.04. The van der Waals surface area contributed by atoms with E-state index in [0.29, 0.717) is 23.0 Å². The van der Waals surface area contributed by atoms with Gasteiger partial charge in [-0.2, -0.15) is 5.26 Å². The first-order valence-corrected chi connectivity index (χ1v) is 12.1. The number of para-hydroxylation sites is 1. The molecule has 174 valence electrons. The molecule has 6 nitrogen and oxygen atoms in total. The largest absolute Gasteiger partial charge is 0.504 e. The van der Waals surface area contributed by atoms with E-state index in [4.69, 9.17) is 5.26 Å². The summed E-state index contributed by atoms with van der Waals surface area (Å²) in [5.74, 6) is 0.977. The van der Waals surface area contributed by atoms with E-state index in [1.807, 2.05) is 6.07 Å². The molecule has 4 rings (SSSR count). The first-order chi connectivity index (χ1) is 16.0. The lowest BCUT2D eigenvalue weighted by molar-refractivity contribution is 0.0919. The van der Waals surface area contributed by atoms with Gasteiger partial charge in [-0.05, 0) is 107 Å². The Labute approximate surface area is 195 Å². The summed E-state index contributed by atoms with van der Waals surface area (Å²) in [6.45, 7) is 3.15. The molecule has 3 N–H and O–H groups in total. The van der Waals surface area contributed by atoms with Crippen molar-refractivity contribution in [1.29, 1.82) is 5.26 Å². The van der Waals surface area contributed by atoms with Crippen molar-refractivity contribution in [3.8, 4) is 17.6 Å². The van der Waals surface area contributed by atoms with E-state index in [9.17, 15) is 15.0 Å². The number of nitrogens with zero attached hydrogens (tertiary/aromatic N) is 2. The average Bonchev–Trinajstić information content (AvgIpc) is 2.86. The molecule has 0 spiro atoms. The number of nitriles is 1. The number of likely N-dealkylation sites (tertiary alicyclic amines) is 1. The van der Waals surface area contributed by atoms with Gasteiger partial charge in [0.05, 0.1) is 11.6 Å². The van der Waals surface area contributed by atoms with Gasteiger partial charge >= 0.3 is 0 Å². The van der Waals surface area contributed by atoms with E-state index in [1.165, 1.54) is 12.5 Å². The summed E-state index contributed by atoms with van der Waals surface area (Å²) in [7, 11) is 0. The highest BCUT2D eigenvalue weighted by atomic mass is 16.3. The minimum Gasteiger partial charge on any atom is -0.504 e.